The molecular weight excluding hydrogens is 374 g/mol. The Bertz CT molecular complexity index is 745. The minimum atomic E-state index is -0.621. The predicted octanol–water partition coefficient (Wildman–Crippen LogP) is 5.46. The fourth-order valence-corrected chi connectivity index (χ4v) is 3.47. The van der Waals surface area contributed by atoms with Gasteiger partial charge in [-0.2, -0.15) is 0 Å². The summed E-state index contributed by atoms with van der Waals surface area (Å²) in [5, 5.41) is 0. The van der Waals surface area contributed by atoms with E-state index >= 15 is 0 Å². The standard InChI is InChI=1S/C26H33NO3/c1-4-6-7-10-19-23(20-29-3)25(26(28)30-5-2)27-24(21-15-11-8-12-16-21)22-17-13-9-14-18-22/h4,8-9,11-18,23,25H,1,5-7,10,19-20H2,2-3H3/t23-,25?/m0/s1. The van der Waals surface area contributed by atoms with Crippen LogP contribution in [0.5, 0.6) is 0 Å². The summed E-state index contributed by atoms with van der Waals surface area (Å²) in [6.45, 7) is 6.39. The summed E-state index contributed by atoms with van der Waals surface area (Å²) in [5.41, 5.74) is 2.74. The van der Waals surface area contributed by atoms with Crippen LogP contribution in [0.2, 0.25) is 0 Å². The van der Waals surface area contributed by atoms with Gasteiger partial charge in [0.15, 0.2) is 6.04 Å². The lowest BCUT2D eigenvalue weighted by atomic mass is 9.93. The van der Waals surface area contributed by atoms with Crippen molar-refractivity contribution in [2.75, 3.05) is 20.3 Å². The third kappa shape index (κ3) is 7.27. The normalized spacial score (nSPS) is 12.6. The molecule has 0 aliphatic heterocycles. The second-order valence-corrected chi connectivity index (χ2v) is 7.20. The lowest BCUT2D eigenvalue weighted by Crippen LogP contribution is -2.34. The second kappa shape index (κ2) is 13.5. The van der Waals surface area contributed by atoms with E-state index in [9.17, 15) is 4.79 Å². The Morgan fingerprint density at radius 3 is 2.13 bits per heavy atom. The molecule has 2 aromatic rings. The lowest BCUT2D eigenvalue weighted by molar-refractivity contribution is -0.146. The van der Waals surface area contributed by atoms with Crippen LogP contribution in [-0.4, -0.2) is 38.0 Å². The van der Waals surface area contributed by atoms with Crippen LogP contribution < -0.4 is 0 Å². The Kier molecular flexibility index (Phi) is 10.6. The first-order valence-electron chi connectivity index (χ1n) is 10.7. The molecular formula is C26H33NO3. The highest BCUT2D eigenvalue weighted by Gasteiger charge is 2.30. The van der Waals surface area contributed by atoms with Gasteiger partial charge in [-0.3, -0.25) is 4.99 Å². The van der Waals surface area contributed by atoms with Crippen LogP contribution in [0, 0.1) is 5.92 Å². The van der Waals surface area contributed by atoms with Crippen LogP contribution in [0.3, 0.4) is 0 Å². The van der Waals surface area contributed by atoms with Crippen LogP contribution >= 0.6 is 0 Å². The summed E-state index contributed by atoms with van der Waals surface area (Å²) in [6.07, 6.45) is 5.75. The van der Waals surface area contributed by atoms with E-state index in [0.717, 1.165) is 42.5 Å². The number of nitrogens with zero attached hydrogens (tertiary/aromatic N) is 1. The highest BCUT2D eigenvalue weighted by molar-refractivity contribution is 6.13. The SMILES string of the molecule is C=CCCCC[C@@H](COC)C(N=C(c1ccccc1)c1ccccc1)C(=O)OCC. The number of carbonyl (C=O) groups is 1. The van der Waals surface area contributed by atoms with Gasteiger partial charge in [0.05, 0.1) is 18.9 Å². The van der Waals surface area contributed by atoms with Crippen molar-refractivity contribution in [3.05, 3.63) is 84.4 Å². The molecule has 0 heterocycles. The van der Waals surface area contributed by atoms with Gasteiger partial charge in [-0.1, -0.05) is 73.2 Å². The highest BCUT2D eigenvalue weighted by Crippen LogP contribution is 2.22. The molecule has 2 aromatic carbocycles. The smallest absolute Gasteiger partial charge is 0.331 e. The summed E-state index contributed by atoms with van der Waals surface area (Å²) >= 11 is 0. The fourth-order valence-electron chi connectivity index (χ4n) is 3.47. The number of rotatable bonds is 13. The van der Waals surface area contributed by atoms with Gasteiger partial charge in [-0.15, -0.1) is 6.58 Å². The zero-order chi connectivity index (χ0) is 21.6. The van der Waals surface area contributed by atoms with Gasteiger partial charge in [-0.05, 0) is 26.2 Å². The van der Waals surface area contributed by atoms with E-state index in [1.54, 1.807) is 7.11 Å². The quantitative estimate of drug-likeness (QED) is 0.192. The molecule has 1 unspecified atom stereocenters. The maximum Gasteiger partial charge on any atom is 0.331 e. The van der Waals surface area contributed by atoms with Gasteiger partial charge in [0, 0.05) is 24.2 Å². The molecule has 160 valence electrons. The molecule has 4 heteroatoms. The van der Waals surface area contributed by atoms with Crippen LogP contribution in [0.1, 0.15) is 43.7 Å². The summed E-state index contributed by atoms with van der Waals surface area (Å²) in [7, 11) is 1.66. The summed E-state index contributed by atoms with van der Waals surface area (Å²) in [6, 6.07) is 19.3. The predicted molar refractivity (Wildman–Crippen MR) is 123 cm³/mol. The molecule has 0 saturated heterocycles. The number of carbonyl (C=O) groups excluding carboxylic acids is 1. The summed E-state index contributed by atoms with van der Waals surface area (Å²) in [4.78, 5) is 17.9. The number of methoxy groups -OCH3 is 1. The van der Waals surface area contributed by atoms with Crippen LogP contribution in [0.25, 0.3) is 0 Å². The van der Waals surface area contributed by atoms with E-state index in [1.807, 2.05) is 73.7 Å². The first-order chi connectivity index (χ1) is 14.7. The Morgan fingerprint density at radius 2 is 1.63 bits per heavy atom. The Labute approximate surface area is 180 Å². The molecule has 0 spiro atoms. The number of unbranched alkanes of at least 4 members (excludes halogenated alkanes) is 2. The van der Waals surface area contributed by atoms with Crippen LogP contribution in [0.4, 0.5) is 0 Å². The van der Waals surface area contributed by atoms with Gasteiger partial charge in [0.25, 0.3) is 0 Å². The van der Waals surface area contributed by atoms with Crippen molar-refractivity contribution < 1.29 is 14.3 Å². The molecule has 0 aliphatic rings. The minimum absolute atomic E-state index is 0.0544. The van der Waals surface area contributed by atoms with Gasteiger partial charge in [-0.25, -0.2) is 4.79 Å². The molecule has 4 nitrogen and oxygen atoms in total. The van der Waals surface area contributed by atoms with Crippen molar-refractivity contribution in [3.8, 4) is 0 Å². The average molecular weight is 408 g/mol. The number of esters is 1. The average Bonchev–Trinajstić information content (AvgIpc) is 2.78. The van der Waals surface area contributed by atoms with E-state index in [2.05, 4.69) is 6.58 Å². The maximum atomic E-state index is 12.9. The molecule has 30 heavy (non-hydrogen) atoms. The molecule has 0 fully saturated rings. The van der Waals surface area contributed by atoms with E-state index in [0.29, 0.717) is 13.2 Å². The monoisotopic (exact) mass is 407 g/mol. The Hall–Kier alpha value is -2.72. The van der Waals surface area contributed by atoms with Crippen molar-refractivity contribution in [3.63, 3.8) is 0 Å². The molecule has 2 rings (SSSR count). The Balaban J connectivity index is 2.45. The maximum absolute atomic E-state index is 12.9. The van der Waals surface area contributed by atoms with Crippen LogP contribution in [-0.2, 0) is 14.3 Å². The van der Waals surface area contributed by atoms with E-state index in [4.69, 9.17) is 14.5 Å². The minimum Gasteiger partial charge on any atom is -0.464 e. The van der Waals surface area contributed by atoms with Crippen LogP contribution in [0.15, 0.2) is 78.3 Å². The van der Waals surface area contributed by atoms with Crippen molar-refractivity contribution in [2.24, 2.45) is 10.9 Å². The third-order valence-electron chi connectivity index (χ3n) is 4.95. The summed E-state index contributed by atoms with van der Waals surface area (Å²) < 4.78 is 10.9. The number of hydrogen-bond donors (Lipinski definition) is 0. The van der Waals surface area contributed by atoms with Gasteiger partial charge >= 0.3 is 5.97 Å². The molecule has 0 radical (unpaired) electrons. The fraction of sp³-hybridized carbons (Fsp3) is 0.385. The first kappa shape index (κ1) is 23.6. The summed E-state index contributed by atoms with van der Waals surface area (Å²) in [5.74, 6) is -0.353. The van der Waals surface area contributed by atoms with E-state index < -0.39 is 6.04 Å². The topological polar surface area (TPSA) is 47.9 Å². The zero-order valence-corrected chi connectivity index (χ0v) is 18.1. The van der Waals surface area contributed by atoms with Crippen molar-refractivity contribution >= 4 is 11.7 Å². The Morgan fingerprint density at radius 1 is 1.03 bits per heavy atom. The molecule has 0 saturated carbocycles. The molecule has 0 amide bonds. The second-order valence-electron chi connectivity index (χ2n) is 7.20. The molecule has 2 atom stereocenters. The zero-order valence-electron chi connectivity index (χ0n) is 18.1. The van der Waals surface area contributed by atoms with Crippen molar-refractivity contribution in [1.29, 1.82) is 0 Å². The first-order valence-corrected chi connectivity index (χ1v) is 10.7. The number of ether oxygens (including phenoxy) is 2. The number of hydrogen-bond acceptors (Lipinski definition) is 4. The lowest BCUT2D eigenvalue weighted by Gasteiger charge is -2.23. The van der Waals surface area contributed by atoms with Crippen molar-refractivity contribution in [2.45, 2.75) is 38.6 Å². The van der Waals surface area contributed by atoms with Gasteiger partial charge in [0.2, 0.25) is 0 Å². The third-order valence-corrected chi connectivity index (χ3v) is 4.95. The van der Waals surface area contributed by atoms with Gasteiger partial charge < -0.3 is 9.47 Å². The van der Waals surface area contributed by atoms with Gasteiger partial charge in [0.1, 0.15) is 0 Å². The molecule has 0 aliphatic carbocycles. The molecule has 0 N–H and O–H groups in total. The number of aliphatic imine (C=N–C) groups is 1. The molecule has 0 aromatic heterocycles. The van der Waals surface area contributed by atoms with E-state index in [1.165, 1.54) is 0 Å². The van der Waals surface area contributed by atoms with Crippen molar-refractivity contribution in [1.82, 2.24) is 0 Å². The number of benzene rings is 2. The number of allylic oxidation sites excluding steroid dienone is 1. The highest BCUT2D eigenvalue weighted by atomic mass is 16.5. The largest absolute Gasteiger partial charge is 0.464 e. The van der Waals surface area contributed by atoms with E-state index in [-0.39, 0.29) is 11.9 Å². The molecule has 0 bridgehead atoms.